The largest absolute Gasteiger partial charge is 0.471 e. The third-order valence-electron chi connectivity index (χ3n) is 4.28. The predicted octanol–water partition coefficient (Wildman–Crippen LogP) is 3.88. The molecule has 29 heavy (non-hydrogen) atoms. The number of halogens is 3. The van der Waals surface area contributed by atoms with Gasteiger partial charge in [-0.1, -0.05) is 12.1 Å². The second-order valence-electron chi connectivity index (χ2n) is 6.27. The number of aromatic nitrogens is 4. The van der Waals surface area contributed by atoms with Crippen LogP contribution in [0.4, 0.5) is 13.2 Å². The average molecular weight is 400 g/mol. The molecule has 0 aliphatic heterocycles. The lowest BCUT2D eigenvalue weighted by Crippen LogP contribution is -2.06. The van der Waals surface area contributed by atoms with Gasteiger partial charge in [-0.2, -0.15) is 13.2 Å². The summed E-state index contributed by atoms with van der Waals surface area (Å²) in [7, 11) is 0. The van der Waals surface area contributed by atoms with Gasteiger partial charge in [0.25, 0.3) is 0 Å². The molecule has 4 rings (SSSR count). The molecule has 6 nitrogen and oxygen atoms in total. The van der Waals surface area contributed by atoms with E-state index in [0.717, 1.165) is 12.1 Å². The van der Waals surface area contributed by atoms with Gasteiger partial charge in [0, 0.05) is 36.4 Å². The normalized spacial score (nSPS) is 11.7. The number of alkyl halides is 3. The Bertz CT molecular complexity index is 1140. The zero-order valence-corrected chi connectivity index (χ0v) is 15.0. The van der Waals surface area contributed by atoms with E-state index >= 15 is 0 Å². The van der Waals surface area contributed by atoms with Crippen LogP contribution >= 0.6 is 0 Å². The Kier molecular flexibility index (Phi) is 4.89. The summed E-state index contributed by atoms with van der Waals surface area (Å²) >= 11 is 0. The molecule has 0 spiro atoms. The van der Waals surface area contributed by atoms with E-state index in [1.54, 1.807) is 35.1 Å². The minimum atomic E-state index is -4.47. The van der Waals surface area contributed by atoms with Crippen LogP contribution < -0.4 is 4.74 Å². The number of benzene rings is 1. The van der Waals surface area contributed by atoms with Gasteiger partial charge in [0.15, 0.2) is 0 Å². The lowest BCUT2D eigenvalue weighted by atomic mass is 9.99. The Balaban J connectivity index is 1.62. The van der Waals surface area contributed by atoms with Crippen molar-refractivity contribution in [1.82, 2.24) is 19.4 Å². The van der Waals surface area contributed by atoms with Crippen LogP contribution in [0.1, 0.15) is 16.8 Å². The highest BCUT2D eigenvalue weighted by Gasteiger charge is 2.31. The van der Waals surface area contributed by atoms with Crippen molar-refractivity contribution in [2.45, 2.75) is 19.4 Å². The van der Waals surface area contributed by atoms with E-state index < -0.39 is 18.3 Å². The quantitative estimate of drug-likeness (QED) is 0.550. The molecule has 4 aromatic rings. The fourth-order valence-corrected chi connectivity index (χ4v) is 2.91. The third-order valence-corrected chi connectivity index (χ3v) is 4.28. The molecule has 0 radical (unpaired) electrons. The van der Waals surface area contributed by atoms with Gasteiger partial charge in [-0.15, -0.1) is 0 Å². The maximum Gasteiger partial charge on any atom is 0.416 e. The van der Waals surface area contributed by atoms with Crippen LogP contribution in [0.15, 0.2) is 61.2 Å². The highest BCUT2D eigenvalue weighted by molar-refractivity contribution is 5.67. The first-order chi connectivity index (χ1) is 13.9. The zero-order valence-electron chi connectivity index (χ0n) is 15.0. The summed E-state index contributed by atoms with van der Waals surface area (Å²) in [5.74, 6) is 0.890. The molecular formula is C20H15F3N4O2. The first kappa shape index (κ1) is 18.9. The van der Waals surface area contributed by atoms with E-state index in [2.05, 4.69) is 15.0 Å². The van der Waals surface area contributed by atoms with E-state index in [4.69, 9.17) is 4.74 Å². The second kappa shape index (κ2) is 7.51. The molecular weight excluding hydrogens is 385 g/mol. The number of rotatable bonds is 5. The van der Waals surface area contributed by atoms with Crippen molar-refractivity contribution in [3.05, 3.63) is 78.0 Å². The minimum Gasteiger partial charge on any atom is -0.471 e. The number of imidazole rings is 1. The van der Waals surface area contributed by atoms with Crippen molar-refractivity contribution >= 4 is 5.78 Å². The first-order valence-corrected chi connectivity index (χ1v) is 8.63. The van der Waals surface area contributed by atoms with Crippen molar-refractivity contribution in [2.24, 2.45) is 0 Å². The van der Waals surface area contributed by atoms with E-state index in [0.29, 0.717) is 28.5 Å². The molecule has 0 saturated carbocycles. The van der Waals surface area contributed by atoms with Crippen molar-refractivity contribution in [3.8, 4) is 17.0 Å². The lowest BCUT2D eigenvalue weighted by Gasteiger charge is -2.12. The molecule has 0 bridgehead atoms. The number of ether oxygens (including phenoxy) is 1. The number of hydrogen-bond acceptors (Lipinski definition) is 5. The number of aliphatic hydroxyl groups excluding tert-OH is 1. The summed E-state index contributed by atoms with van der Waals surface area (Å²) in [5.41, 5.74) is 1.01. The molecule has 0 amide bonds. The molecule has 148 valence electrons. The van der Waals surface area contributed by atoms with Gasteiger partial charge in [0.1, 0.15) is 6.61 Å². The highest BCUT2D eigenvalue weighted by Crippen LogP contribution is 2.33. The fraction of sp³-hybridized carbons (Fsp3) is 0.150. The van der Waals surface area contributed by atoms with E-state index in [1.807, 2.05) is 6.07 Å². The van der Waals surface area contributed by atoms with Crippen LogP contribution in [0.2, 0.25) is 0 Å². The third kappa shape index (κ3) is 4.04. The molecule has 0 unspecified atom stereocenters. The molecule has 0 aliphatic rings. The average Bonchev–Trinajstić information content (AvgIpc) is 3.14. The molecule has 3 heterocycles. The second-order valence-corrected chi connectivity index (χ2v) is 6.27. The Morgan fingerprint density at radius 2 is 1.93 bits per heavy atom. The number of hydrogen-bond donors (Lipinski definition) is 1. The molecule has 0 atom stereocenters. The van der Waals surface area contributed by atoms with Crippen LogP contribution in [0, 0.1) is 0 Å². The molecule has 3 aromatic heterocycles. The van der Waals surface area contributed by atoms with Crippen LogP contribution in [0.5, 0.6) is 5.88 Å². The van der Waals surface area contributed by atoms with E-state index in [9.17, 15) is 18.3 Å². The minimum absolute atomic E-state index is 0.166. The first-order valence-electron chi connectivity index (χ1n) is 8.63. The van der Waals surface area contributed by atoms with Crippen LogP contribution in [-0.2, 0) is 19.4 Å². The summed E-state index contributed by atoms with van der Waals surface area (Å²) in [6, 6.07) is 8.58. The zero-order chi connectivity index (χ0) is 20.4. The maximum atomic E-state index is 12.9. The summed E-state index contributed by atoms with van der Waals surface area (Å²) in [5, 5.41) is 9.54. The van der Waals surface area contributed by atoms with E-state index in [1.165, 1.54) is 12.3 Å². The lowest BCUT2D eigenvalue weighted by molar-refractivity contribution is -0.137. The maximum absolute atomic E-state index is 12.9. The van der Waals surface area contributed by atoms with Gasteiger partial charge in [-0.25, -0.2) is 15.0 Å². The monoisotopic (exact) mass is 400 g/mol. The topological polar surface area (TPSA) is 72.5 Å². The van der Waals surface area contributed by atoms with Gasteiger partial charge >= 0.3 is 6.18 Å². The van der Waals surface area contributed by atoms with Gasteiger partial charge in [0.05, 0.1) is 17.9 Å². The van der Waals surface area contributed by atoms with Crippen LogP contribution in [0.3, 0.4) is 0 Å². The summed E-state index contributed by atoms with van der Waals surface area (Å²) in [6.45, 7) is -0.331. The van der Waals surface area contributed by atoms with Gasteiger partial charge in [0.2, 0.25) is 11.7 Å². The summed E-state index contributed by atoms with van der Waals surface area (Å²) < 4.78 is 46.0. The summed E-state index contributed by atoms with van der Waals surface area (Å²) in [4.78, 5) is 12.7. The molecule has 0 fully saturated rings. The van der Waals surface area contributed by atoms with Gasteiger partial charge in [-0.05, 0) is 29.3 Å². The Labute approximate surface area is 163 Å². The van der Waals surface area contributed by atoms with Crippen molar-refractivity contribution in [1.29, 1.82) is 0 Å². The number of nitrogens with zero attached hydrogens (tertiary/aromatic N) is 4. The standard InChI is InChI=1S/C20H15F3N4O2/c21-20(22,23)15-4-5-17(13(7-15)11-28)14-8-25-19-26-16(10-27(19)9-14)12-29-18-3-1-2-6-24-18/h1-10,28H,11-12H2. The molecule has 1 aromatic carbocycles. The van der Waals surface area contributed by atoms with Gasteiger partial charge in [-0.3, -0.25) is 4.40 Å². The van der Waals surface area contributed by atoms with E-state index in [-0.39, 0.29) is 12.2 Å². The smallest absolute Gasteiger partial charge is 0.416 e. The van der Waals surface area contributed by atoms with Gasteiger partial charge < -0.3 is 9.84 Å². The van der Waals surface area contributed by atoms with Crippen molar-refractivity contribution < 1.29 is 23.0 Å². The SMILES string of the molecule is OCc1cc(C(F)(F)F)ccc1-c1cnc2nc(COc3ccccn3)cn2c1. The number of pyridine rings is 1. The number of aliphatic hydroxyl groups is 1. The number of fused-ring (bicyclic) bond motifs is 1. The molecule has 1 N–H and O–H groups in total. The van der Waals surface area contributed by atoms with Crippen molar-refractivity contribution in [3.63, 3.8) is 0 Å². The van der Waals surface area contributed by atoms with Crippen LogP contribution in [0.25, 0.3) is 16.9 Å². The fourth-order valence-electron chi connectivity index (χ4n) is 2.91. The Hall–Kier alpha value is -3.46. The summed E-state index contributed by atoms with van der Waals surface area (Å²) in [6.07, 6.45) is 2.07. The predicted molar refractivity (Wildman–Crippen MR) is 97.9 cm³/mol. The Morgan fingerprint density at radius 1 is 1.07 bits per heavy atom. The van der Waals surface area contributed by atoms with Crippen molar-refractivity contribution in [2.75, 3.05) is 0 Å². The highest BCUT2D eigenvalue weighted by atomic mass is 19.4. The Morgan fingerprint density at radius 3 is 2.66 bits per heavy atom. The molecule has 0 aliphatic carbocycles. The van der Waals surface area contributed by atoms with Crippen LogP contribution in [-0.4, -0.2) is 24.5 Å². The molecule has 9 heteroatoms. The molecule has 0 saturated heterocycles.